The highest BCUT2D eigenvalue weighted by Crippen LogP contribution is 2.21. The Morgan fingerprint density at radius 1 is 0.800 bits per heavy atom. The molecule has 4 aromatic rings. The van der Waals surface area contributed by atoms with Crippen molar-refractivity contribution in [2.45, 2.75) is 26.7 Å². The van der Waals surface area contributed by atoms with Crippen LogP contribution in [0.15, 0.2) is 78.9 Å². The number of ether oxygens (including phenoxy) is 1. The van der Waals surface area contributed by atoms with Gasteiger partial charge in [0.25, 0.3) is 0 Å². The van der Waals surface area contributed by atoms with Crippen LogP contribution < -0.4 is 20.7 Å². The number of nitrogens with zero attached hydrogens (tertiary/aromatic N) is 2. The number of amides is 1. The first-order valence-corrected chi connectivity index (χ1v) is 11.5. The highest BCUT2D eigenvalue weighted by atomic mass is 16.5. The molecule has 0 fully saturated rings. The molecule has 1 aromatic heterocycles. The summed E-state index contributed by atoms with van der Waals surface area (Å²) < 4.78 is 5.17. The van der Waals surface area contributed by atoms with Gasteiger partial charge >= 0.3 is 0 Å². The zero-order valence-electron chi connectivity index (χ0n) is 20.1. The van der Waals surface area contributed by atoms with Crippen LogP contribution in [0.25, 0.3) is 0 Å². The molecule has 0 aliphatic rings. The molecule has 0 saturated heterocycles. The molecule has 0 aliphatic heterocycles. The predicted octanol–water partition coefficient (Wildman–Crippen LogP) is 6.16. The number of methoxy groups -OCH3 is 1. The summed E-state index contributed by atoms with van der Waals surface area (Å²) in [6.45, 7) is 3.98. The fourth-order valence-corrected chi connectivity index (χ4v) is 3.51. The molecular weight excluding hydrogens is 438 g/mol. The lowest BCUT2D eigenvalue weighted by atomic mass is 10.1. The average Bonchev–Trinajstić information content (AvgIpc) is 2.85. The van der Waals surface area contributed by atoms with Crippen molar-refractivity contribution in [1.29, 1.82) is 0 Å². The van der Waals surface area contributed by atoms with Gasteiger partial charge in [-0.15, -0.1) is 0 Å². The van der Waals surface area contributed by atoms with Crippen LogP contribution in [0.1, 0.15) is 23.2 Å². The number of rotatable bonds is 9. The van der Waals surface area contributed by atoms with Gasteiger partial charge in [0, 0.05) is 35.2 Å². The Labute approximate surface area is 205 Å². The van der Waals surface area contributed by atoms with Crippen LogP contribution in [0.3, 0.4) is 0 Å². The van der Waals surface area contributed by atoms with E-state index in [4.69, 9.17) is 4.74 Å². The second kappa shape index (κ2) is 11.2. The van der Waals surface area contributed by atoms with E-state index >= 15 is 0 Å². The molecular formula is C28H29N5O2. The molecule has 3 N–H and O–H groups in total. The quantitative estimate of drug-likeness (QED) is 0.273. The SMILES string of the molecule is COc1ccc(CCC(=O)Nc2ccc(Nc3cc(C)nc(Nc4ccc(C)cc4)n3)cc2)cc1. The number of hydrogen-bond acceptors (Lipinski definition) is 6. The van der Waals surface area contributed by atoms with Gasteiger partial charge in [-0.25, -0.2) is 4.98 Å². The van der Waals surface area contributed by atoms with E-state index in [9.17, 15) is 4.79 Å². The van der Waals surface area contributed by atoms with E-state index in [1.54, 1.807) is 7.11 Å². The fraction of sp³-hybridized carbons (Fsp3) is 0.179. The average molecular weight is 468 g/mol. The van der Waals surface area contributed by atoms with Crippen LogP contribution in [0, 0.1) is 13.8 Å². The number of aryl methyl sites for hydroxylation is 3. The van der Waals surface area contributed by atoms with E-state index in [0.717, 1.165) is 34.1 Å². The van der Waals surface area contributed by atoms with Crippen molar-refractivity contribution in [2.24, 2.45) is 0 Å². The molecule has 7 nitrogen and oxygen atoms in total. The minimum atomic E-state index is -0.0280. The van der Waals surface area contributed by atoms with Gasteiger partial charge < -0.3 is 20.7 Å². The minimum absolute atomic E-state index is 0.0280. The first-order valence-electron chi connectivity index (χ1n) is 11.5. The molecule has 0 unspecified atom stereocenters. The highest BCUT2D eigenvalue weighted by molar-refractivity contribution is 5.91. The normalized spacial score (nSPS) is 10.5. The molecule has 0 radical (unpaired) electrons. The molecule has 3 aromatic carbocycles. The smallest absolute Gasteiger partial charge is 0.229 e. The van der Waals surface area contributed by atoms with Crippen LogP contribution in [0.5, 0.6) is 5.75 Å². The van der Waals surface area contributed by atoms with Crippen molar-refractivity contribution >= 4 is 34.7 Å². The molecule has 35 heavy (non-hydrogen) atoms. The van der Waals surface area contributed by atoms with Gasteiger partial charge in [-0.2, -0.15) is 4.98 Å². The zero-order chi connectivity index (χ0) is 24.6. The first kappa shape index (κ1) is 23.8. The largest absolute Gasteiger partial charge is 0.497 e. The summed E-state index contributed by atoms with van der Waals surface area (Å²) in [6.07, 6.45) is 1.07. The van der Waals surface area contributed by atoms with E-state index in [1.165, 1.54) is 5.56 Å². The third kappa shape index (κ3) is 7.04. The Morgan fingerprint density at radius 2 is 1.43 bits per heavy atom. The molecule has 7 heteroatoms. The van der Waals surface area contributed by atoms with Crippen LogP contribution in [0.4, 0.5) is 28.8 Å². The Balaban J connectivity index is 1.32. The summed E-state index contributed by atoms with van der Waals surface area (Å²) in [5.41, 5.74) is 5.67. The predicted molar refractivity (Wildman–Crippen MR) is 141 cm³/mol. The van der Waals surface area contributed by atoms with Crippen LogP contribution in [-0.2, 0) is 11.2 Å². The van der Waals surface area contributed by atoms with Gasteiger partial charge in [0.05, 0.1) is 7.11 Å². The monoisotopic (exact) mass is 467 g/mol. The van der Waals surface area contributed by atoms with Crippen molar-refractivity contribution in [3.8, 4) is 5.75 Å². The maximum absolute atomic E-state index is 12.4. The summed E-state index contributed by atoms with van der Waals surface area (Å²) in [7, 11) is 1.64. The van der Waals surface area contributed by atoms with Gasteiger partial charge in [-0.1, -0.05) is 29.8 Å². The number of anilines is 5. The van der Waals surface area contributed by atoms with E-state index in [-0.39, 0.29) is 5.91 Å². The van der Waals surface area contributed by atoms with Crippen LogP contribution >= 0.6 is 0 Å². The standard InChI is InChI=1S/C28H29N5O2/c1-19-4-9-24(10-5-19)32-28-29-20(2)18-26(33-28)30-22-11-13-23(14-12-22)31-27(34)17-8-21-6-15-25(35-3)16-7-21/h4-7,9-16,18H,8,17H2,1-3H3,(H,31,34)(H2,29,30,32,33). The van der Waals surface area contributed by atoms with E-state index < -0.39 is 0 Å². The molecule has 0 bridgehead atoms. The Morgan fingerprint density at radius 3 is 2.11 bits per heavy atom. The van der Waals surface area contributed by atoms with Crippen LogP contribution in [-0.4, -0.2) is 23.0 Å². The lowest BCUT2D eigenvalue weighted by Gasteiger charge is -2.11. The van der Waals surface area contributed by atoms with Crippen molar-refractivity contribution in [2.75, 3.05) is 23.1 Å². The lowest BCUT2D eigenvalue weighted by molar-refractivity contribution is -0.116. The third-order valence-electron chi connectivity index (χ3n) is 5.40. The zero-order valence-corrected chi connectivity index (χ0v) is 20.1. The number of carbonyl (C=O) groups is 1. The Kier molecular flexibility index (Phi) is 7.57. The van der Waals surface area contributed by atoms with E-state index in [1.807, 2.05) is 92.7 Å². The number of carbonyl (C=O) groups excluding carboxylic acids is 1. The van der Waals surface area contributed by atoms with Gasteiger partial charge in [-0.05, 0) is 74.4 Å². The molecule has 1 heterocycles. The number of benzene rings is 3. The maximum Gasteiger partial charge on any atom is 0.229 e. The summed E-state index contributed by atoms with van der Waals surface area (Å²) in [5.74, 6) is 1.99. The number of nitrogens with one attached hydrogen (secondary N) is 3. The number of aromatic nitrogens is 2. The van der Waals surface area contributed by atoms with Crippen molar-refractivity contribution in [1.82, 2.24) is 9.97 Å². The van der Waals surface area contributed by atoms with Crippen LogP contribution in [0.2, 0.25) is 0 Å². The van der Waals surface area contributed by atoms with Crippen molar-refractivity contribution in [3.63, 3.8) is 0 Å². The molecule has 178 valence electrons. The fourth-order valence-electron chi connectivity index (χ4n) is 3.51. The highest BCUT2D eigenvalue weighted by Gasteiger charge is 2.06. The molecule has 0 aliphatic carbocycles. The minimum Gasteiger partial charge on any atom is -0.497 e. The van der Waals surface area contributed by atoms with E-state index in [0.29, 0.717) is 24.6 Å². The maximum atomic E-state index is 12.4. The summed E-state index contributed by atoms with van der Waals surface area (Å²) in [5, 5.41) is 9.49. The Hall–Kier alpha value is -4.39. The van der Waals surface area contributed by atoms with Gasteiger partial charge in [0.2, 0.25) is 11.9 Å². The van der Waals surface area contributed by atoms with Crippen molar-refractivity contribution in [3.05, 3.63) is 95.7 Å². The summed E-state index contributed by atoms with van der Waals surface area (Å²) in [4.78, 5) is 21.4. The molecule has 0 spiro atoms. The second-order valence-electron chi connectivity index (χ2n) is 8.31. The third-order valence-corrected chi connectivity index (χ3v) is 5.40. The number of hydrogen-bond donors (Lipinski definition) is 3. The molecule has 0 saturated carbocycles. The first-order chi connectivity index (χ1) is 17.0. The summed E-state index contributed by atoms with van der Waals surface area (Å²) >= 11 is 0. The second-order valence-corrected chi connectivity index (χ2v) is 8.31. The lowest BCUT2D eigenvalue weighted by Crippen LogP contribution is -2.12. The van der Waals surface area contributed by atoms with E-state index in [2.05, 4.69) is 25.9 Å². The summed E-state index contributed by atoms with van der Waals surface area (Å²) in [6, 6.07) is 25.3. The van der Waals surface area contributed by atoms with Gasteiger partial charge in [-0.3, -0.25) is 4.79 Å². The van der Waals surface area contributed by atoms with Gasteiger partial charge in [0.15, 0.2) is 0 Å². The molecule has 1 amide bonds. The Bertz CT molecular complexity index is 1270. The topological polar surface area (TPSA) is 88.2 Å². The molecule has 0 atom stereocenters. The van der Waals surface area contributed by atoms with Crippen molar-refractivity contribution < 1.29 is 9.53 Å². The van der Waals surface area contributed by atoms with Gasteiger partial charge in [0.1, 0.15) is 11.6 Å². The molecule has 4 rings (SSSR count).